The standard InChI is InChI=1S/C21H22N2O4/c1-14-7-6-8-15(2)19(14)22-20(26)21(13-18(24)25)12-17(23-27-21)11-16-9-4-3-5-10-16/h3-10H,11-13H2,1-2H3,(H,22,26)(H,24,25). The molecule has 1 unspecified atom stereocenters. The molecule has 0 aromatic heterocycles. The normalized spacial score (nSPS) is 18.5. The Morgan fingerprint density at radius 1 is 1.11 bits per heavy atom. The van der Waals surface area contributed by atoms with Gasteiger partial charge in [0.1, 0.15) is 0 Å². The number of carboxylic acid groups (broad SMARTS) is 1. The van der Waals surface area contributed by atoms with Crippen molar-refractivity contribution in [2.75, 3.05) is 5.32 Å². The molecule has 0 saturated heterocycles. The zero-order chi connectivity index (χ0) is 19.4. The SMILES string of the molecule is Cc1cccc(C)c1NC(=O)C1(CC(=O)O)CC(Cc2ccccc2)=NO1. The number of rotatable bonds is 6. The Balaban J connectivity index is 1.80. The molecule has 1 atom stereocenters. The van der Waals surface area contributed by atoms with Crippen LogP contribution in [0.5, 0.6) is 0 Å². The molecule has 6 heteroatoms. The summed E-state index contributed by atoms with van der Waals surface area (Å²) in [5, 5.41) is 16.2. The fraction of sp³-hybridized carbons (Fsp3) is 0.286. The number of hydrogen-bond acceptors (Lipinski definition) is 4. The molecule has 0 spiro atoms. The van der Waals surface area contributed by atoms with Crippen molar-refractivity contribution >= 4 is 23.3 Å². The van der Waals surface area contributed by atoms with E-state index in [4.69, 9.17) is 4.84 Å². The summed E-state index contributed by atoms with van der Waals surface area (Å²) in [5.74, 6) is -1.60. The summed E-state index contributed by atoms with van der Waals surface area (Å²) >= 11 is 0. The average Bonchev–Trinajstić information content (AvgIpc) is 3.02. The van der Waals surface area contributed by atoms with Gasteiger partial charge in [-0.3, -0.25) is 9.59 Å². The van der Waals surface area contributed by atoms with Crippen molar-refractivity contribution in [2.24, 2.45) is 5.16 Å². The summed E-state index contributed by atoms with van der Waals surface area (Å²) in [5.41, 5.74) is 2.62. The fourth-order valence-electron chi connectivity index (χ4n) is 3.25. The van der Waals surface area contributed by atoms with E-state index < -0.39 is 23.9 Å². The molecule has 6 nitrogen and oxygen atoms in total. The van der Waals surface area contributed by atoms with Gasteiger partial charge in [-0.1, -0.05) is 53.7 Å². The van der Waals surface area contributed by atoms with Gasteiger partial charge < -0.3 is 15.3 Å². The number of hydrogen-bond donors (Lipinski definition) is 2. The van der Waals surface area contributed by atoms with E-state index in [9.17, 15) is 14.7 Å². The third-order valence-corrected chi connectivity index (χ3v) is 4.66. The molecule has 0 saturated carbocycles. The number of carbonyl (C=O) groups is 2. The summed E-state index contributed by atoms with van der Waals surface area (Å²) < 4.78 is 0. The van der Waals surface area contributed by atoms with Crippen LogP contribution in [0.15, 0.2) is 53.7 Å². The number of carboxylic acids is 1. The largest absolute Gasteiger partial charge is 0.481 e. The summed E-state index contributed by atoms with van der Waals surface area (Å²) in [6.07, 6.45) is 0.204. The van der Waals surface area contributed by atoms with Crippen LogP contribution in [0.1, 0.15) is 29.5 Å². The lowest BCUT2D eigenvalue weighted by Crippen LogP contribution is -2.45. The number of aryl methyl sites for hydroxylation is 2. The van der Waals surface area contributed by atoms with Crippen LogP contribution in [0.3, 0.4) is 0 Å². The maximum absolute atomic E-state index is 13.0. The molecule has 2 N–H and O–H groups in total. The van der Waals surface area contributed by atoms with Gasteiger partial charge in [0.05, 0.1) is 12.1 Å². The molecule has 1 amide bonds. The quantitative estimate of drug-likeness (QED) is 0.819. The first-order valence-corrected chi connectivity index (χ1v) is 8.77. The summed E-state index contributed by atoms with van der Waals surface area (Å²) in [7, 11) is 0. The molecule has 0 bridgehead atoms. The Bertz CT molecular complexity index is 872. The van der Waals surface area contributed by atoms with E-state index in [-0.39, 0.29) is 6.42 Å². The lowest BCUT2D eigenvalue weighted by molar-refractivity contribution is -0.152. The van der Waals surface area contributed by atoms with Crippen molar-refractivity contribution in [3.05, 3.63) is 65.2 Å². The van der Waals surface area contributed by atoms with Gasteiger partial charge in [0.2, 0.25) is 5.60 Å². The van der Waals surface area contributed by atoms with Gasteiger partial charge in [-0.25, -0.2) is 0 Å². The molecule has 0 radical (unpaired) electrons. The minimum atomic E-state index is -1.54. The number of carbonyl (C=O) groups excluding carboxylic acids is 1. The van der Waals surface area contributed by atoms with Gasteiger partial charge in [0, 0.05) is 18.5 Å². The van der Waals surface area contributed by atoms with Crippen LogP contribution in [0, 0.1) is 13.8 Å². The van der Waals surface area contributed by atoms with Crippen molar-refractivity contribution in [1.82, 2.24) is 0 Å². The molecule has 140 valence electrons. The molecule has 27 heavy (non-hydrogen) atoms. The average molecular weight is 366 g/mol. The number of benzene rings is 2. The zero-order valence-corrected chi connectivity index (χ0v) is 15.4. The van der Waals surface area contributed by atoms with Gasteiger partial charge in [-0.15, -0.1) is 0 Å². The second-order valence-electron chi connectivity index (χ2n) is 6.87. The number of anilines is 1. The van der Waals surface area contributed by atoms with E-state index in [0.717, 1.165) is 16.7 Å². The second-order valence-corrected chi connectivity index (χ2v) is 6.87. The molecule has 1 heterocycles. The summed E-state index contributed by atoms with van der Waals surface area (Å²) in [6, 6.07) is 15.4. The molecule has 0 fully saturated rings. The number of nitrogens with one attached hydrogen (secondary N) is 1. The highest BCUT2D eigenvalue weighted by molar-refractivity contribution is 6.05. The first kappa shape index (κ1) is 18.6. The van der Waals surface area contributed by atoms with Gasteiger partial charge in [0.15, 0.2) is 0 Å². The van der Waals surface area contributed by atoms with E-state index in [1.165, 1.54) is 0 Å². The number of para-hydroxylation sites is 1. The van der Waals surface area contributed by atoms with Crippen molar-refractivity contribution in [3.63, 3.8) is 0 Å². The van der Waals surface area contributed by atoms with E-state index >= 15 is 0 Å². The van der Waals surface area contributed by atoms with Crippen molar-refractivity contribution < 1.29 is 19.5 Å². The molecule has 0 aliphatic carbocycles. The molecule has 1 aliphatic rings. The molecule has 2 aromatic carbocycles. The number of nitrogens with zero attached hydrogens (tertiary/aromatic N) is 1. The third kappa shape index (κ3) is 4.16. The topological polar surface area (TPSA) is 88.0 Å². The summed E-state index contributed by atoms with van der Waals surface area (Å²) in [4.78, 5) is 29.9. The monoisotopic (exact) mass is 366 g/mol. The Kier molecular flexibility index (Phi) is 5.26. The van der Waals surface area contributed by atoms with Crippen molar-refractivity contribution in [2.45, 2.75) is 38.7 Å². The maximum Gasteiger partial charge on any atom is 0.308 e. The van der Waals surface area contributed by atoms with Gasteiger partial charge in [-0.05, 0) is 30.5 Å². The highest BCUT2D eigenvalue weighted by atomic mass is 16.7. The van der Waals surface area contributed by atoms with Crippen LogP contribution in [-0.2, 0) is 20.8 Å². The second kappa shape index (κ2) is 7.61. The summed E-state index contributed by atoms with van der Waals surface area (Å²) in [6.45, 7) is 3.78. The predicted octanol–water partition coefficient (Wildman–Crippen LogP) is 3.47. The fourth-order valence-corrected chi connectivity index (χ4v) is 3.25. The highest BCUT2D eigenvalue weighted by Crippen LogP contribution is 2.32. The van der Waals surface area contributed by atoms with E-state index in [2.05, 4.69) is 10.5 Å². The van der Waals surface area contributed by atoms with Crippen LogP contribution in [0.25, 0.3) is 0 Å². The highest BCUT2D eigenvalue weighted by Gasteiger charge is 2.48. The zero-order valence-electron chi connectivity index (χ0n) is 15.4. The van der Waals surface area contributed by atoms with Gasteiger partial charge >= 0.3 is 5.97 Å². The van der Waals surface area contributed by atoms with E-state index in [1.54, 1.807) is 0 Å². The molecular formula is C21H22N2O4. The molecule has 1 aliphatic heterocycles. The number of amides is 1. The Morgan fingerprint density at radius 2 is 1.78 bits per heavy atom. The first-order chi connectivity index (χ1) is 12.9. The minimum absolute atomic E-state index is 0.144. The maximum atomic E-state index is 13.0. The van der Waals surface area contributed by atoms with Crippen LogP contribution < -0.4 is 5.32 Å². The van der Waals surface area contributed by atoms with Crippen LogP contribution >= 0.6 is 0 Å². The number of aliphatic carboxylic acids is 1. The lowest BCUT2D eigenvalue weighted by Gasteiger charge is -2.24. The molecular weight excluding hydrogens is 344 g/mol. The smallest absolute Gasteiger partial charge is 0.308 e. The van der Waals surface area contributed by atoms with E-state index in [1.807, 2.05) is 62.4 Å². The Hall–Kier alpha value is -3.15. The van der Waals surface area contributed by atoms with Crippen LogP contribution in [0.4, 0.5) is 5.69 Å². The molecule has 3 rings (SSSR count). The third-order valence-electron chi connectivity index (χ3n) is 4.66. The first-order valence-electron chi connectivity index (χ1n) is 8.77. The van der Waals surface area contributed by atoms with Crippen LogP contribution in [0.2, 0.25) is 0 Å². The Labute approximate surface area is 157 Å². The lowest BCUT2D eigenvalue weighted by atomic mass is 9.90. The molecule has 2 aromatic rings. The predicted molar refractivity (Wildman–Crippen MR) is 103 cm³/mol. The van der Waals surface area contributed by atoms with Crippen molar-refractivity contribution in [3.8, 4) is 0 Å². The van der Waals surface area contributed by atoms with E-state index in [0.29, 0.717) is 17.8 Å². The Morgan fingerprint density at radius 3 is 2.41 bits per heavy atom. The van der Waals surface area contributed by atoms with Crippen molar-refractivity contribution in [1.29, 1.82) is 0 Å². The van der Waals surface area contributed by atoms with Crippen LogP contribution in [-0.4, -0.2) is 28.3 Å². The van der Waals surface area contributed by atoms with Gasteiger partial charge in [0.25, 0.3) is 5.91 Å². The minimum Gasteiger partial charge on any atom is -0.481 e. The number of oxime groups is 1. The van der Waals surface area contributed by atoms with Gasteiger partial charge in [-0.2, -0.15) is 0 Å².